The zero-order valence-electron chi connectivity index (χ0n) is 7.99. The number of carboxylic acid groups (broad SMARTS) is 1. The zero-order valence-corrected chi connectivity index (χ0v) is 7.99. The van der Waals surface area contributed by atoms with Crippen molar-refractivity contribution in [1.29, 1.82) is 0 Å². The molecule has 0 atom stereocenters. The van der Waals surface area contributed by atoms with Gasteiger partial charge in [0.25, 0.3) is 5.69 Å². The van der Waals surface area contributed by atoms with E-state index in [0.29, 0.717) is 6.29 Å². The number of carboxylic acids is 1. The van der Waals surface area contributed by atoms with E-state index in [-0.39, 0.29) is 16.8 Å². The second kappa shape index (κ2) is 4.83. The van der Waals surface area contributed by atoms with E-state index >= 15 is 0 Å². The Kier molecular flexibility index (Phi) is 3.49. The fourth-order valence-electron chi connectivity index (χ4n) is 1.13. The molecule has 0 aromatic heterocycles. The van der Waals surface area contributed by atoms with Gasteiger partial charge in [0, 0.05) is 12.1 Å². The lowest BCUT2D eigenvalue weighted by molar-refractivity contribution is -0.384. The molecule has 0 saturated heterocycles. The van der Waals surface area contributed by atoms with Crippen molar-refractivity contribution >= 4 is 24.0 Å². The van der Waals surface area contributed by atoms with Crippen LogP contribution in [0.3, 0.4) is 0 Å². The number of nitro groups is 1. The highest BCUT2D eigenvalue weighted by Crippen LogP contribution is 2.19. The second-order valence-corrected chi connectivity index (χ2v) is 2.83. The van der Waals surface area contributed by atoms with Crippen molar-refractivity contribution < 1.29 is 19.6 Å². The number of non-ortho nitro benzene ring substituents is 1. The summed E-state index contributed by atoms with van der Waals surface area (Å²) in [7, 11) is 0. The Hall–Kier alpha value is -2.50. The van der Waals surface area contributed by atoms with Gasteiger partial charge in [-0.25, -0.2) is 4.79 Å². The Morgan fingerprint density at radius 2 is 2.12 bits per heavy atom. The molecule has 16 heavy (non-hydrogen) atoms. The number of aldehydes is 1. The highest BCUT2D eigenvalue weighted by molar-refractivity contribution is 5.93. The number of benzene rings is 1. The molecule has 0 fully saturated rings. The van der Waals surface area contributed by atoms with Gasteiger partial charge < -0.3 is 5.11 Å². The van der Waals surface area contributed by atoms with Crippen LogP contribution in [0.15, 0.2) is 24.3 Å². The molecule has 0 spiro atoms. The quantitative estimate of drug-likeness (QED) is 0.359. The maximum atomic E-state index is 10.8. The molecule has 0 aliphatic rings. The SMILES string of the molecule is O=CC=Cc1ccc([N+](=O)[O-])cc1C(=O)O. The average Bonchev–Trinajstić information content (AvgIpc) is 2.25. The van der Waals surface area contributed by atoms with Crippen LogP contribution in [0.25, 0.3) is 6.08 Å². The van der Waals surface area contributed by atoms with Gasteiger partial charge in [-0.3, -0.25) is 14.9 Å². The Labute approximate surface area is 90.0 Å². The summed E-state index contributed by atoms with van der Waals surface area (Å²) < 4.78 is 0. The van der Waals surface area contributed by atoms with Crippen LogP contribution in [0.2, 0.25) is 0 Å². The van der Waals surface area contributed by atoms with Crippen LogP contribution in [-0.4, -0.2) is 22.3 Å². The predicted molar refractivity (Wildman–Crippen MR) is 55.2 cm³/mol. The van der Waals surface area contributed by atoms with Crippen molar-refractivity contribution in [3.8, 4) is 0 Å². The molecule has 0 bridgehead atoms. The molecule has 6 nitrogen and oxygen atoms in total. The summed E-state index contributed by atoms with van der Waals surface area (Å²) in [4.78, 5) is 30.7. The summed E-state index contributed by atoms with van der Waals surface area (Å²) in [5.74, 6) is -1.28. The lowest BCUT2D eigenvalue weighted by atomic mass is 10.1. The Balaban J connectivity index is 3.29. The molecule has 6 heteroatoms. The average molecular weight is 221 g/mol. The molecule has 1 aromatic rings. The number of nitro benzene ring substituents is 1. The Morgan fingerprint density at radius 3 is 2.62 bits per heavy atom. The molecule has 0 aliphatic heterocycles. The lowest BCUT2D eigenvalue weighted by Gasteiger charge is -2.00. The summed E-state index contributed by atoms with van der Waals surface area (Å²) in [6, 6.07) is 3.41. The number of hydrogen-bond donors (Lipinski definition) is 1. The summed E-state index contributed by atoms with van der Waals surface area (Å²) in [6.07, 6.45) is 2.89. The molecule has 1 rings (SSSR count). The van der Waals surface area contributed by atoms with Gasteiger partial charge in [-0.15, -0.1) is 0 Å². The molecule has 0 heterocycles. The first-order valence-corrected chi connectivity index (χ1v) is 4.20. The summed E-state index contributed by atoms with van der Waals surface area (Å²) in [6.45, 7) is 0. The molecule has 1 aromatic carbocycles. The molecular weight excluding hydrogens is 214 g/mol. The Morgan fingerprint density at radius 1 is 1.44 bits per heavy atom. The third kappa shape index (κ3) is 2.50. The zero-order chi connectivity index (χ0) is 12.1. The van der Waals surface area contributed by atoms with E-state index in [2.05, 4.69) is 0 Å². The minimum absolute atomic E-state index is 0.215. The fraction of sp³-hybridized carbons (Fsp3) is 0. The minimum Gasteiger partial charge on any atom is -0.478 e. The van der Waals surface area contributed by atoms with Crippen molar-refractivity contribution in [2.45, 2.75) is 0 Å². The van der Waals surface area contributed by atoms with Gasteiger partial charge in [-0.1, -0.05) is 6.08 Å². The van der Waals surface area contributed by atoms with Gasteiger partial charge in [0.1, 0.15) is 6.29 Å². The predicted octanol–water partition coefficient (Wildman–Crippen LogP) is 1.51. The number of aromatic carboxylic acids is 1. The lowest BCUT2D eigenvalue weighted by Crippen LogP contribution is -2.01. The largest absolute Gasteiger partial charge is 0.478 e. The maximum Gasteiger partial charge on any atom is 0.336 e. The minimum atomic E-state index is -1.28. The van der Waals surface area contributed by atoms with E-state index in [0.717, 1.165) is 12.1 Å². The summed E-state index contributed by atoms with van der Waals surface area (Å²) in [5, 5.41) is 19.3. The van der Waals surface area contributed by atoms with E-state index in [1.807, 2.05) is 0 Å². The fourth-order valence-corrected chi connectivity index (χ4v) is 1.13. The van der Waals surface area contributed by atoms with Gasteiger partial charge in [0.05, 0.1) is 10.5 Å². The van der Waals surface area contributed by atoms with Gasteiger partial charge in [0.2, 0.25) is 0 Å². The normalized spacial score (nSPS) is 10.2. The topological polar surface area (TPSA) is 97.5 Å². The Bertz CT molecular complexity index is 478. The number of carbonyl (C=O) groups excluding carboxylic acids is 1. The van der Waals surface area contributed by atoms with E-state index in [1.165, 1.54) is 18.2 Å². The number of rotatable bonds is 4. The highest BCUT2D eigenvalue weighted by atomic mass is 16.6. The number of allylic oxidation sites excluding steroid dienone is 1. The molecule has 0 amide bonds. The van der Waals surface area contributed by atoms with Crippen LogP contribution in [0.1, 0.15) is 15.9 Å². The van der Waals surface area contributed by atoms with Gasteiger partial charge in [-0.05, 0) is 17.7 Å². The molecule has 0 saturated carbocycles. The molecule has 0 radical (unpaired) electrons. The van der Waals surface area contributed by atoms with Crippen molar-refractivity contribution in [3.63, 3.8) is 0 Å². The summed E-state index contributed by atoms with van der Waals surface area (Å²) >= 11 is 0. The maximum absolute atomic E-state index is 10.8. The van der Waals surface area contributed by atoms with Crippen molar-refractivity contribution in [3.05, 3.63) is 45.5 Å². The molecular formula is C10H7NO5. The number of carbonyl (C=O) groups is 2. The second-order valence-electron chi connectivity index (χ2n) is 2.83. The standard InChI is InChI=1S/C10H7NO5/c12-5-1-2-7-3-4-8(11(15)16)6-9(7)10(13)14/h1-6H,(H,13,14). The van der Waals surface area contributed by atoms with Crippen molar-refractivity contribution in [2.24, 2.45) is 0 Å². The van der Waals surface area contributed by atoms with E-state index < -0.39 is 10.9 Å². The third-order valence-corrected chi connectivity index (χ3v) is 1.83. The third-order valence-electron chi connectivity index (χ3n) is 1.83. The smallest absolute Gasteiger partial charge is 0.336 e. The van der Waals surface area contributed by atoms with Crippen LogP contribution >= 0.6 is 0 Å². The molecule has 0 aliphatic carbocycles. The first-order chi connectivity index (χ1) is 7.56. The van der Waals surface area contributed by atoms with Crippen molar-refractivity contribution in [2.75, 3.05) is 0 Å². The van der Waals surface area contributed by atoms with Crippen molar-refractivity contribution in [1.82, 2.24) is 0 Å². The van der Waals surface area contributed by atoms with E-state index in [9.17, 15) is 19.7 Å². The monoisotopic (exact) mass is 221 g/mol. The van der Waals surface area contributed by atoms with Gasteiger partial charge >= 0.3 is 5.97 Å². The van der Waals surface area contributed by atoms with Crippen LogP contribution in [0.5, 0.6) is 0 Å². The first-order valence-electron chi connectivity index (χ1n) is 4.20. The van der Waals surface area contributed by atoms with Crippen LogP contribution in [0.4, 0.5) is 5.69 Å². The number of hydrogen-bond acceptors (Lipinski definition) is 4. The van der Waals surface area contributed by atoms with Crippen LogP contribution in [0, 0.1) is 10.1 Å². The first kappa shape index (κ1) is 11.6. The van der Waals surface area contributed by atoms with Gasteiger partial charge in [-0.2, -0.15) is 0 Å². The van der Waals surface area contributed by atoms with E-state index in [4.69, 9.17) is 5.11 Å². The molecule has 82 valence electrons. The summed E-state index contributed by atoms with van der Waals surface area (Å²) in [5.41, 5.74) is -0.279. The van der Waals surface area contributed by atoms with Gasteiger partial charge in [0.15, 0.2) is 0 Å². The van der Waals surface area contributed by atoms with Crippen LogP contribution in [-0.2, 0) is 4.79 Å². The highest BCUT2D eigenvalue weighted by Gasteiger charge is 2.14. The number of nitrogens with zero attached hydrogens (tertiary/aromatic N) is 1. The molecule has 1 N–H and O–H groups in total. The van der Waals surface area contributed by atoms with Crippen LogP contribution < -0.4 is 0 Å². The molecule has 0 unspecified atom stereocenters. The van der Waals surface area contributed by atoms with E-state index in [1.54, 1.807) is 0 Å².